The third-order valence-electron chi connectivity index (χ3n) is 6.96. The van der Waals surface area contributed by atoms with Crippen LogP contribution in [0.5, 0.6) is 0 Å². The quantitative estimate of drug-likeness (QED) is 0.269. The first-order valence-electron chi connectivity index (χ1n) is 12.4. The predicted molar refractivity (Wildman–Crippen MR) is 152 cm³/mol. The number of piperazine rings is 1. The van der Waals surface area contributed by atoms with E-state index in [4.69, 9.17) is 0 Å². The second-order valence-corrected chi connectivity index (χ2v) is 12.1. The average Bonchev–Trinajstić information content (AvgIpc) is 3.46. The van der Waals surface area contributed by atoms with E-state index < -0.39 is 10.0 Å². The summed E-state index contributed by atoms with van der Waals surface area (Å²) in [6.45, 7) is 1.63. The van der Waals surface area contributed by atoms with Crippen molar-refractivity contribution in [2.45, 2.75) is 17.4 Å². The molecule has 3 aromatic carbocycles. The Morgan fingerprint density at radius 3 is 2.49 bits per heavy atom. The van der Waals surface area contributed by atoms with E-state index >= 15 is 0 Å². The zero-order valence-electron chi connectivity index (χ0n) is 20.3. The molecule has 3 heterocycles. The molecule has 1 fully saturated rings. The van der Waals surface area contributed by atoms with Crippen LogP contribution in [0.1, 0.15) is 4.88 Å². The number of pyridine rings is 1. The Labute approximate surface area is 221 Å². The van der Waals surface area contributed by atoms with Crippen molar-refractivity contribution in [1.82, 2.24) is 9.29 Å². The van der Waals surface area contributed by atoms with Crippen LogP contribution in [0.25, 0.3) is 22.0 Å². The number of hydrogen-bond acceptors (Lipinski definition) is 5. The van der Waals surface area contributed by atoms with Gasteiger partial charge in [-0.05, 0) is 35.2 Å². The van der Waals surface area contributed by atoms with Crippen LogP contribution in [0.4, 0.5) is 5.69 Å². The van der Waals surface area contributed by atoms with Gasteiger partial charge in [-0.25, -0.2) is 8.42 Å². The number of rotatable bonds is 6. The first-order valence-corrected chi connectivity index (χ1v) is 14.7. The van der Waals surface area contributed by atoms with Crippen molar-refractivity contribution in [3.8, 4) is 11.1 Å². The lowest BCUT2D eigenvalue weighted by Gasteiger charge is -2.42. The van der Waals surface area contributed by atoms with Crippen molar-refractivity contribution in [3.05, 3.63) is 114 Å². The second-order valence-electron chi connectivity index (χ2n) is 9.21. The Hall–Kier alpha value is -3.52. The van der Waals surface area contributed by atoms with Crippen molar-refractivity contribution in [1.29, 1.82) is 0 Å². The third kappa shape index (κ3) is 4.66. The van der Waals surface area contributed by atoms with Gasteiger partial charge in [0.2, 0.25) is 10.0 Å². The van der Waals surface area contributed by atoms with Crippen molar-refractivity contribution in [2.24, 2.45) is 0 Å². The van der Waals surface area contributed by atoms with Gasteiger partial charge in [0.1, 0.15) is 4.90 Å². The molecule has 0 aliphatic carbocycles. The molecule has 1 aliphatic heterocycles. The van der Waals surface area contributed by atoms with E-state index in [9.17, 15) is 8.42 Å². The molecule has 37 heavy (non-hydrogen) atoms. The van der Waals surface area contributed by atoms with E-state index in [0.29, 0.717) is 31.6 Å². The average molecular weight is 526 g/mol. The Morgan fingerprint density at radius 1 is 0.838 bits per heavy atom. The van der Waals surface area contributed by atoms with Crippen LogP contribution in [0, 0.1) is 0 Å². The molecule has 0 bridgehead atoms. The van der Waals surface area contributed by atoms with E-state index in [-0.39, 0.29) is 10.9 Å². The highest BCUT2D eigenvalue weighted by Gasteiger charge is 2.38. The van der Waals surface area contributed by atoms with Gasteiger partial charge < -0.3 is 4.90 Å². The Bertz CT molecular complexity index is 1610. The van der Waals surface area contributed by atoms with Crippen LogP contribution in [0.3, 0.4) is 0 Å². The molecule has 1 saturated heterocycles. The maximum atomic E-state index is 14.1. The molecule has 2 aromatic heterocycles. The lowest BCUT2D eigenvalue weighted by molar-refractivity contribution is 0.289. The number of anilines is 1. The normalized spacial score (nSPS) is 16.8. The molecule has 0 N–H and O–H groups in total. The van der Waals surface area contributed by atoms with Crippen molar-refractivity contribution in [2.75, 3.05) is 24.5 Å². The molecule has 7 heteroatoms. The summed E-state index contributed by atoms with van der Waals surface area (Å²) in [7, 11) is -3.76. The molecule has 0 saturated carbocycles. The third-order valence-corrected chi connectivity index (χ3v) is 9.84. The van der Waals surface area contributed by atoms with Gasteiger partial charge in [0.25, 0.3) is 0 Å². The molecule has 0 amide bonds. The van der Waals surface area contributed by atoms with Crippen LogP contribution in [0.15, 0.2) is 114 Å². The summed E-state index contributed by atoms with van der Waals surface area (Å²) in [5.41, 5.74) is 3.97. The predicted octanol–water partition coefficient (Wildman–Crippen LogP) is 6.09. The van der Waals surface area contributed by atoms with Gasteiger partial charge in [-0.15, -0.1) is 11.3 Å². The van der Waals surface area contributed by atoms with E-state index in [1.807, 2.05) is 35.7 Å². The molecular formula is C30H27N3O2S2. The summed E-state index contributed by atoms with van der Waals surface area (Å²) < 4.78 is 30.0. The van der Waals surface area contributed by atoms with Gasteiger partial charge in [0.15, 0.2) is 0 Å². The van der Waals surface area contributed by atoms with E-state index in [2.05, 4.69) is 64.5 Å². The van der Waals surface area contributed by atoms with Gasteiger partial charge in [0.05, 0.1) is 5.52 Å². The van der Waals surface area contributed by atoms with Gasteiger partial charge >= 0.3 is 0 Å². The molecule has 186 valence electrons. The summed E-state index contributed by atoms with van der Waals surface area (Å²) in [5, 5.41) is 2.88. The van der Waals surface area contributed by atoms with Crippen LogP contribution >= 0.6 is 11.3 Å². The zero-order valence-corrected chi connectivity index (χ0v) is 21.9. The molecule has 1 atom stereocenters. The second kappa shape index (κ2) is 10.1. The van der Waals surface area contributed by atoms with Crippen LogP contribution in [-0.4, -0.2) is 43.4 Å². The van der Waals surface area contributed by atoms with Crippen LogP contribution in [0.2, 0.25) is 0 Å². The van der Waals surface area contributed by atoms with E-state index in [1.54, 1.807) is 34.0 Å². The highest BCUT2D eigenvalue weighted by atomic mass is 32.2. The number of hydrogen-bond donors (Lipinski definition) is 0. The number of sulfonamides is 1. The number of thiophene rings is 1. The fourth-order valence-corrected chi connectivity index (χ4v) is 7.77. The highest BCUT2D eigenvalue weighted by Crippen LogP contribution is 2.34. The van der Waals surface area contributed by atoms with Crippen LogP contribution < -0.4 is 4.90 Å². The maximum Gasteiger partial charge on any atom is 0.245 e. The first-order chi connectivity index (χ1) is 18.1. The molecule has 6 rings (SSSR count). The number of para-hydroxylation sites is 2. The summed E-state index contributed by atoms with van der Waals surface area (Å²) in [6.07, 6.45) is 2.32. The van der Waals surface area contributed by atoms with Gasteiger partial charge in [-0.2, -0.15) is 4.31 Å². The van der Waals surface area contributed by atoms with Crippen LogP contribution in [-0.2, 0) is 16.4 Å². The number of nitrogens with zero attached hydrogens (tertiary/aromatic N) is 3. The summed E-state index contributed by atoms with van der Waals surface area (Å²) >= 11 is 1.67. The number of aromatic nitrogens is 1. The Kier molecular flexibility index (Phi) is 6.50. The molecule has 1 aliphatic rings. The Balaban J connectivity index is 1.38. The molecular weight excluding hydrogens is 498 g/mol. The van der Waals surface area contributed by atoms with Crippen molar-refractivity contribution < 1.29 is 8.42 Å². The minimum atomic E-state index is -3.76. The van der Waals surface area contributed by atoms with Crippen molar-refractivity contribution in [3.63, 3.8) is 0 Å². The monoisotopic (exact) mass is 525 g/mol. The van der Waals surface area contributed by atoms with Gasteiger partial charge in [-0.3, -0.25) is 4.98 Å². The smallest absolute Gasteiger partial charge is 0.245 e. The summed E-state index contributed by atoms with van der Waals surface area (Å²) in [4.78, 5) is 8.24. The summed E-state index contributed by atoms with van der Waals surface area (Å²) in [6, 6.07) is 31.8. The largest absolute Gasteiger partial charge is 0.368 e. The standard InChI is InChI=1S/C30H27N3O2S2/c34-37(35,29-16-6-11-24-12-7-17-31-30(24)29)33-19-18-32(22-25(33)21-26-13-8-20-36-26)28-15-5-4-14-27(28)23-9-2-1-3-10-23/h1-17,20,25H,18-19,21-22H2. The molecule has 0 radical (unpaired) electrons. The molecule has 5 nitrogen and oxygen atoms in total. The minimum Gasteiger partial charge on any atom is -0.368 e. The molecule has 5 aromatic rings. The molecule has 1 unspecified atom stereocenters. The van der Waals surface area contributed by atoms with Crippen molar-refractivity contribution >= 4 is 38.0 Å². The number of fused-ring (bicyclic) bond motifs is 1. The lowest BCUT2D eigenvalue weighted by Crippen LogP contribution is -2.56. The minimum absolute atomic E-state index is 0.208. The van der Waals surface area contributed by atoms with Gasteiger partial charge in [0, 0.05) is 59.8 Å². The first kappa shape index (κ1) is 23.9. The van der Waals surface area contributed by atoms with Gasteiger partial charge in [-0.1, -0.05) is 72.8 Å². The SMILES string of the molecule is O=S(=O)(c1cccc2cccnc12)N1CCN(c2ccccc2-c2ccccc2)CC1Cc1cccs1. The maximum absolute atomic E-state index is 14.1. The lowest BCUT2D eigenvalue weighted by atomic mass is 10.0. The molecule has 0 spiro atoms. The van der Waals surface area contributed by atoms with E-state index in [1.165, 1.54) is 4.88 Å². The summed E-state index contributed by atoms with van der Waals surface area (Å²) in [5.74, 6) is 0. The van der Waals surface area contributed by atoms with E-state index in [0.717, 1.165) is 22.2 Å². The fourth-order valence-electron chi connectivity index (χ4n) is 5.22. The fraction of sp³-hybridized carbons (Fsp3) is 0.167. The highest BCUT2D eigenvalue weighted by molar-refractivity contribution is 7.89. The topological polar surface area (TPSA) is 53.5 Å². The Morgan fingerprint density at radius 2 is 1.65 bits per heavy atom. The number of benzene rings is 3. The zero-order chi connectivity index (χ0) is 25.2.